The fourth-order valence-electron chi connectivity index (χ4n) is 1.79. The van der Waals surface area contributed by atoms with Gasteiger partial charge in [0.1, 0.15) is 0 Å². The van der Waals surface area contributed by atoms with Gasteiger partial charge in [0.2, 0.25) is 0 Å². The summed E-state index contributed by atoms with van der Waals surface area (Å²) in [5, 5.41) is 24.8. The molecule has 1 amide bonds. The molecule has 0 saturated carbocycles. The van der Waals surface area contributed by atoms with Crippen molar-refractivity contribution >= 4 is 23.3 Å². The van der Waals surface area contributed by atoms with Crippen LogP contribution in [0.5, 0.6) is 0 Å². The summed E-state index contributed by atoms with van der Waals surface area (Å²) in [4.78, 5) is 22.9. The number of anilines is 2. The number of rotatable bonds is 10. The van der Waals surface area contributed by atoms with E-state index >= 15 is 0 Å². The second-order valence-corrected chi connectivity index (χ2v) is 5.69. The van der Waals surface area contributed by atoms with Crippen LogP contribution in [0.25, 0.3) is 0 Å². The van der Waals surface area contributed by atoms with E-state index in [-0.39, 0.29) is 29.4 Å². The maximum absolute atomic E-state index is 11.5. The molecule has 0 heterocycles. The minimum absolute atomic E-state index is 0.133. The molecule has 0 aliphatic heterocycles. The lowest BCUT2D eigenvalue weighted by molar-refractivity contribution is -0.148. The van der Waals surface area contributed by atoms with Crippen LogP contribution in [0.1, 0.15) is 26.7 Å². The topological polar surface area (TPSA) is 114 Å². The Kier molecular flexibility index (Phi) is 8.59. The van der Waals surface area contributed by atoms with Gasteiger partial charge in [-0.3, -0.25) is 14.8 Å². The Labute approximate surface area is 141 Å². The first-order chi connectivity index (χ1) is 11.4. The molecule has 1 rings (SSSR count). The maximum Gasteiger partial charge on any atom is 0.306 e. The predicted octanol–water partition coefficient (Wildman–Crippen LogP) is 1.89. The molecule has 0 aliphatic rings. The van der Waals surface area contributed by atoms with E-state index in [1.165, 1.54) is 12.1 Å². The van der Waals surface area contributed by atoms with Crippen molar-refractivity contribution in [3.8, 4) is 0 Å². The number of carbonyl (C=O) groups excluding carboxylic acids is 2. The number of benzene rings is 1. The van der Waals surface area contributed by atoms with Gasteiger partial charge in [0.05, 0.1) is 5.69 Å². The second-order valence-electron chi connectivity index (χ2n) is 5.69. The monoisotopic (exact) mass is 338 g/mol. The van der Waals surface area contributed by atoms with Crippen LogP contribution >= 0.6 is 0 Å². The fraction of sp³-hybridized carbons (Fsp3) is 0.500. The maximum atomic E-state index is 11.5. The molecule has 1 aromatic carbocycles. The molecule has 3 N–H and O–H groups in total. The lowest BCUT2D eigenvalue weighted by Gasteiger charge is -2.21. The van der Waals surface area contributed by atoms with Crippen molar-refractivity contribution in [1.29, 1.82) is 0 Å². The molecule has 0 fully saturated rings. The van der Waals surface area contributed by atoms with Crippen molar-refractivity contribution < 1.29 is 19.5 Å². The fourth-order valence-corrected chi connectivity index (χ4v) is 1.79. The van der Waals surface area contributed by atoms with Crippen molar-refractivity contribution in [3.63, 3.8) is 0 Å². The smallest absolute Gasteiger partial charge is 0.306 e. The van der Waals surface area contributed by atoms with Gasteiger partial charge < -0.3 is 25.8 Å². The molecule has 0 aliphatic carbocycles. The summed E-state index contributed by atoms with van der Waals surface area (Å²) in [7, 11) is 0. The van der Waals surface area contributed by atoms with Crippen LogP contribution in [0, 0.1) is 11.1 Å². The average Bonchev–Trinajstić information content (AvgIpc) is 2.55. The van der Waals surface area contributed by atoms with E-state index in [1.807, 2.05) is 13.8 Å². The molecular weight excluding hydrogens is 314 g/mol. The van der Waals surface area contributed by atoms with Gasteiger partial charge in [-0.1, -0.05) is 13.8 Å². The SMILES string of the molecule is CC(C)CCC(=O)OCC(=O)NCCNc1ccc(N([O-])O)cc1. The zero-order chi connectivity index (χ0) is 17.9. The molecular formula is C16H24N3O5-. The van der Waals surface area contributed by atoms with Gasteiger partial charge in [-0.2, -0.15) is 0 Å². The van der Waals surface area contributed by atoms with Gasteiger partial charge in [-0.15, -0.1) is 0 Å². The van der Waals surface area contributed by atoms with Crippen LogP contribution in [0.2, 0.25) is 0 Å². The Hall–Kier alpha value is -2.32. The van der Waals surface area contributed by atoms with Crippen LogP contribution in [-0.2, 0) is 14.3 Å². The standard InChI is InChI=1S/C16H24N3O5/c1-12(2)3-8-16(21)24-11-15(20)18-10-9-17-13-4-6-14(7-5-13)19(22)23/h4-7,12,17,22H,3,8-11H2,1-2H3,(H,18,20)/q-1. The number of esters is 1. The highest BCUT2D eigenvalue weighted by atomic mass is 16.8. The van der Waals surface area contributed by atoms with Crippen LogP contribution < -0.4 is 15.9 Å². The van der Waals surface area contributed by atoms with Crippen molar-refractivity contribution in [1.82, 2.24) is 5.32 Å². The van der Waals surface area contributed by atoms with Gasteiger partial charge in [-0.25, -0.2) is 0 Å². The minimum Gasteiger partial charge on any atom is -0.733 e. The van der Waals surface area contributed by atoms with Crippen molar-refractivity contribution in [2.45, 2.75) is 26.7 Å². The summed E-state index contributed by atoms with van der Waals surface area (Å²) in [6.07, 6.45) is 1.06. The summed E-state index contributed by atoms with van der Waals surface area (Å²) in [5.41, 5.74) is 0.878. The van der Waals surface area contributed by atoms with Crippen molar-refractivity contribution in [3.05, 3.63) is 29.5 Å². The highest BCUT2D eigenvalue weighted by Crippen LogP contribution is 2.15. The third-order valence-electron chi connectivity index (χ3n) is 3.15. The first-order valence-electron chi connectivity index (χ1n) is 7.81. The molecule has 0 saturated heterocycles. The zero-order valence-corrected chi connectivity index (χ0v) is 13.9. The lowest BCUT2D eigenvalue weighted by Crippen LogP contribution is -2.32. The summed E-state index contributed by atoms with van der Waals surface area (Å²) in [6.45, 7) is 4.58. The second kappa shape index (κ2) is 10.5. The number of hydrogen-bond donors (Lipinski definition) is 3. The van der Waals surface area contributed by atoms with Gasteiger partial charge >= 0.3 is 5.97 Å². The van der Waals surface area contributed by atoms with Gasteiger partial charge in [0.25, 0.3) is 5.91 Å². The third kappa shape index (κ3) is 8.35. The summed E-state index contributed by atoms with van der Waals surface area (Å²) < 4.78 is 4.88. The summed E-state index contributed by atoms with van der Waals surface area (Å²) in [5.74, 6) is -0.304. The average molecular weight is 338 g/mol. The zero-order valence-electron chi connectivity index (χ0n) is 13.9. The Morgan fingerprint density at radius 1 is 1.25 bits per heavy atom. The highest BCUT2D eigenvalue weighted by molar-refractivity contribution is 5.80. The molecule has 0 radical (unpaired) electrons. The van der Waals surface area contributed by atoms with Crippen molar-refractivity contribution in [2.24, 2.45) is 5.92 Å². The van der Waals surface area contributed by atoms with Crippen LogP contribution in [0.15, 0.2) is 24.3 Å². The molecule has 8 nitrogen and oxygen atoms in total. The Bertz CT molecular complexity index is 517. The number of nitrogens with one attached hydrogen (secondary N) is 2. The lowest BCUT2D eigenvalue weighted by atomic mass is 10.1. The van der Waals surface area contributed by atoms with E-state index in [0.29, 0.717) is 25.4 Å². The largest absolute Gasteiger partial charge is 0.733 e. The number of nitrogens with zero attached hydrogens (tertiary/aromatic N) is 1. The van der Waals surface area contributed by atoms with Gasteiger partial charge in [0, 0.05) is 25.2 Å². The van der Waals surface area contributed by atoms with E-state index in [2.05, 4.69) is 10.6 Å². The molecule has 0 spiro atoms. The number of ether oxygens (including phenoxy) is 1. The van der Waals surface area contributed by atoms with E-state index < -0.39 is 0 Å². The van der Waals surface area contributed by atoms with Gasteiger partial charge in [-0.05, 0) is 36.6 Å². The van der Waals surface area contributed by atoms with E-state index in [1.54, 1.807) is 12.1 Å². The summed E-state index contributed by atoms with van der Waals surface area (Å²) in [6, 6.07) is 6.19. The van der Waals surface area contributed by atoms with Crippen LogP contribution in [0.3, 0.4) is 0 Å². The molecule has 134 valence electrons. The molecule has 1 aromatic rings. The first kappa shape index (κ1) is 19.7. The van der Waals surface area contributed by atoms with Crippen LogP contribution in [0.4, 0.5) is 11.4 Å². The minimum atomic E-state index is -0.367. The van der Waals surface area contributed by atoms with E-state index in [0.717, 1.165) is 12.1 Å². The quantitative estimate of drug-likeness (QED) is 0.339. The predicted molar refractivity (Wildman–Crippen MR) is 90.6 cm³/mol. The number of carbonyl (C=O) groups is 2. The molecule has 0 atom stereocenters. The highest BCUT2D eigenvalue weighted by Gasteiger charge is 2.08. The molecule has 24 heavy (non-hydrogen) atoms. The first-order valence-corrected chi connectivity index (χ1v) is 7.81. The molecule has 0 bridgehead atoms. The van der Waals surface area contributed by atoms with Crippen molar-refractivity contribution in [2.75, 3.05) is 30.2 Å². The molecule has 8 heteroatoms. The van der Waals surface area contributed by atoms with E-state index in [4.69, 9.17) is 9.94 Å². The Morgan fingerprint density at radius 2 is 1.92 bits per heavy atom. The third-order valence-corrected chi connectivity index (χ3v) is 3.15. The number of amides is 1. The van der Waals surface area contributed by atoms with Gasteiger partial charge in [0.15, 0.2) is 6.61 Å². The summed E-state index contributed by atoms with van der Waals surface area (Å²) >= 11 is 0. The van der Waals surface area contributed by atoms with Crippen LogP contribution in [-0.4, -0.2) is 36.8 Å². The molecule has 0 aromatic heterocycles. The normalized spacial score (nSPS) is 10.4. The Balaban J connectivity index is 2.14. The number of hydrogen-bond acceptors (Lipinski definition) is 7. The van der Waals surface area contributed by atoms with E-state index in [9.17, 15) is 14.8 Å². The molecule has 0 unspecified atom stereocenters. The Morgan fingerprint density at radius 3 is 2.50 bits per heavy atom.